The molecule has 12 nitrogen and oxygen atoms in total. The first-order valence-corrected chi connectivity index (χ1v) is 13.3. The van der Waals surface area contributed by atoms with Gasteiger partial charge in [0.15, 0.2) is 29.9 Å². The Bertz CT molecular complexity index is 1750. The molecule has 0 radical (unpaired) electrons. The number of carbonyl (C=O) groups is 3. The van der Waals surface area contributed by atoms with Crippen molar-refractivity contribution in [2.45, 2.75) is 24.5 Å². The van der Waals surface area contributed by atoms with E-state index in [2.05, 4.69) is 15.0 Å². The average molecular weight is 580 g/mol. The maximum absolute atomic E-state index is 13.3. The van der Waals surface area contributed by atoms with Gasteiger partial charge >= 0.3 is 17.9 Å². The molecule has 6 rings (SSSR count). The fourth-order valence-electron chi connectivity index (χ4n) is 4.74. The van der Waals surface area contributed by atoms with E-state index in [1.54, 1.807) is 91.0 Å². The Morgan fingerprint density at radius 1 is 0.721 bits per heavy atom. The zero-order valence-corrected chi connectivity index (χ0v) is 22.6. The van der Waals surface area contributed by atoms with Gasteiger partial charge in [-0.05, 0) is 36.4 Å². The van der Waals surface area contributed by atoms with E-state index in [0.717, 1.165) is 0 Å². The molecular weight excluding hydrogens is 554 g/mol. The van der Waals surface area contributed by atoms with E-state index in [1.165, 1.54) is 17.2 Å². The van der Waals surface area contributed by atoms with Crippen molar-refractivity contribution in [2.24, 2.45) is 0 Å². The second-order valence-electron chi connectivity index (χ2n) is 9.58. The minimum atomic E-state index is -1.21. The molecule has 0 aliphatic carbocycles. The first kappa shape index (κ1) is 27.5. The molecule has 43 heavy (non-hydrogen) atoms. The minimum absolute atomic E-state index is 0.139. The average Bonchev–Trinajstić information content (AvgIpc) is 3.63. The lowest BCUT2D eigenvalue weighted by Crippen LogP contribution is -2.41. The van der Waals surface area contributed by atoms with Gasteiger partial charge in [0.1, 0.15) is 24.6 Å². The Labute approximate surface area is 245 Å². The first-order valence-electron chi connectivity index (χ1n) is 13.3. The number of rotatable bonds is 8. The summed E-state index contributed by atoms with van der Waals surface area (Å²) in [4.78, 5) is 52.0. The predicted octanol–water partition coefficient (Wildman–Crippen LogP) is 3.61. The number of fused-ring (bicyclic) bond motifs is 1. The molecule has 1 aliphatic heterocycles. The maximum Gasteiger partial charge on any atom is 0.338 e. The van der Waals surface area contributed by atoms with Crippen LogP contribution >= 0.6 is 0 Å². The highest BCUT2D eigenvalue weighted by molar-refractivity contribution is 5.91. The van der Waals surface area contributed by atoms with E-state index in [1.807, 2.05) is 0 Å². The molecule has 0 spiro atoms. The molecule has 2 aromatic heterocycles. The first-order chi connectivity index (χ1) is 21.0. The molecule has 216 valence electrons. The lowest BCUT2D eigenvalue weighted by atomic mass is 10.1. The van der Waals surface area contributed by atoms with Crippen LogP contribution in [0.15, 0.2) is 104 Å². The standard InChI is InChI=1S/C31H25N5O7/c32-26-23-27(34-17-33-26)36(18-35-23)28-25(43-31(39)21-14-8-3-9-15-21)24(42-30(38)20-12-6-2-7-13-20)22(41-28)16-40-29(37)19-10-4-1-5-11-19/h1-15,17-18,22,24-25,28H,16H2,(H2,32,33,34)/t22-,24?,25?,28-/m1/s1. The molecule has 12 heteroatoms. The lowest BCUT2D eigenvalue weighted by Gasteiger charge is -2.25. The Hall–Kier alpha value is -5.62. The molecular formula is C31H25N5O7. The number of benzene rings is 3. The number of imidazole rings is 1. The van der Waals surface area contributed by atoms with Gasteiger partial charge in [0.05, 0.1) is 23.0 Å². The highest BCUT2D eigenvalue weighted by Crippen LogP contribution is 2.37. The molecule has 2 unspecified atom stereocenters. The third-order valence-electron chi connectivity index (χ3n) is 6.84. The van der Waals surface area contributed by atoms with Crippen LogP contribution in [0.4, 0.5) is 5.82 Å². The maximum atomic E-state index is 13.3. The smallest absolute Gasteiger partial charge is 0.338 e. The number of hydrogen-bond donors (Lipinski definition) is 1. The van der Waals surface area contributed by atoms with Crippen LogP contribution in [-0.2, 0) is 18.9 Å². The molecule has 5 aromatic rings. The summed E-state index contributed by atoms with van der Waals surface area (Å²) in [5.74, 6) is -1.83. The Morgan fingerprint density at radius 2 is 1.26 bits per heavy atom. The topological polar surface area (TPSA) is 158 Å². The number of anilines is 1. The van der Waals surface area contributed by atoms with Crippen LogP contribution < -0.4 is 5.73 Å². The van der Waals surface area contributed by atoms with Gasteiger partial charge in [-0.1, -0.05) is 54.6 Å². The van der Waals surface area contributed by atoms with Gasteiger partial charge < -0.3 is 24.7 Å². The normalized spacial score (nSPS) is 19.5. The van der Waals surface area contributed by atoms with Gasteiger partial charge in [-0.15, -0.1) is 0 Å². The number of nitrogens with zero attached hydrogens (tertiary/aromatic N) is 4. The fourth-order valence-corrected chi connectivity index (χ4v) is 4.74. The van der Waals surface area contributed by atoms with E-state index in [4.69, 9.17) is 24.7 Å². The van der Waals surface area contributed by atoms with Gasteiger partial charge in [-0.25, -0.2) is 29.3 Å². The van der Waals surface area contributed by atoms with Crippen LogP contribution in [0, 0.1) is 0 Å². The molecule has 1 fully saturated rings. The third kappa shape index (κ3) is 5.76. The molecule has 2 N–H and O–H groups in total. The molecule has 3 heterocycles. The van der Waals surface area contributed by atoms with E-state index < -0.39 is 42.4 Å². The number of esters is 3. The summed E-state index contributed by atoms with van der Waals surface area (Å²) in [5, 5.41) is 0. The van der Waals surface area contributed by atoms with Crippen LogP contribution in [0.5, 0.6) is 0 Å². The lowest BCUT2D eigenvalue weighted by molar-refractivity contribution is -0.0606. The highest BCUT2D eigenvalue weighted by atomic mass is 16.7. The van der Waals surface area contributed by atoms with Crippen molar-refractivity contribution in [3.8, 4) is 0 Å². The second kappa shape index (κ2) is 12.1. The summed E-state index contributed by atoms with van der Waals surface area (Å²) in [6.07, 6.45) is -1.88. The van der Waals surface area contributed by atoms with Crippen LogP contribution in [0.1, 0.15) is 37.3 Å². The molecule has 0 bridgehead atoms. The quantitative estimate of drug-likeness (QED) is 0.211. The van der Waals surface area contributed by atoms with Crippen LogP contribution in [0.2, 0.25) is 0 Å². The van der Waals surface area contributed by atoms with E-state index >= 15 is 0 Å². The predicted molar refractivity (Wildman–Crippen MR) is 152 cm³/mol. The summed E-state index contributed by atoms with van der Waals surface area (Å²) < 4.78 is 25.3. The Kier molecular flexibility index (Phi) is 7.74. The van der Waals surface area contributed by atoms with E-state index in [0.29, 0.717) is 16.7 Å². The SMILES string of the molecule is Nc1ncnc2c1ncn2[C@@H]1O[C@H](COC(=O)c2ccccc2)C(OC(=O)c2ccccc2)C1OC(=O)c1ccccc1. The zero-order valence-electron chi connectivity index (χ0n) is 22.6. The van der Waals surface area contributed by atoms with Gasteiger partial charge in [0, 0.05) is 0 Å². The Morgan fingerprint density at radius 3 is 1.84 bits per heavy atom. The third-order valence-corrected chi connectivity index (χ3v) is 6.84. The van der Waals surface area contributed by atoms with Crippen LogP contribution in [0.25, 0.3) is 11.2 Å². The Balaban J connectivity index is 1.37. The summed E-state index contributed by atoms with van der Waals surface area (Å²) in [5.41, 5.74) is 7.48. The summed E-state index contributed by atoms with van der Waals surface area (Å²) in [6, 6.07) is 25.1. The van der Waals surface area contributed by atoms with Crippen molar-refractivity contribution in [3.05, 3.63) is 120 Å². The fraction of sp³-hybridized carbons (Fsp3) is 0.161. The molecule has 4 atom stereocenters. The van der Waals surface area contributed by atoms with Gasteiger partial charge in [0.2, 0.25) is 0 Å². The molecule has 3 aromatic carbocycles. The van der Waals surface area contributed by atoms with Gasteiger partial charge in [-0.3, -0.25) is 4.57 Å². The van der Waals surface area contributed by atoms with Crippen molar-refractivity contribution in [1.29, 1.82) is 0 Å². The number of ether oxygens (including phenoxy) is 4. The van der Waals surface area contributed by atoms with E-state index in [9.17, 15) is 14.4 Å². The largest absolute Gasteiger partial charge is 0.459 e. The molecule has 1 aliphatic rings. The van der Waals surface area contributed by atoms with Crippen molar-refractivity contribution >= 4 is 34.9 Å². The molecule has 0 amide bonds. The zero-order chi connectivity index (χ0) is 29.8. The molecule has 0 saturated carbocycles. The van der Waals surface area contributed by atoms with Crippen molar-refractivity contribution in [3.63, 3.8) is 0 Å². The van der Waals surface area contributed by atoms with Crippen molar-refractivity contribution in [1.82, 2.24) is 19.5 Å². The number of hydrogen-bond acceptors (Lipinski definition) is 11. The molecule has 1 saturated heterocycles. The minimum Gasteiger partial charge on any atom is -0.459 e. The van der Waals surface area contributed by atoms with Gasteiger partial charge in [0.25, 0.3) is 0 Å². The summed E-state index contributed by atoms with van der Waals surface area (Å²) >= 11 is 0. The highest BCUT2D eigenvalue weighted by Gasteiger charge is 2.51. The number of nitrogens with two attached hydrogens (primary N) is 1. The number of carbonyl (C=O) groups excluding carboxylic acids is 3. The van der Waals surface area contributed by atoms with E-state index in [-0.39, 0.29) is 23.6 Å². The number of aromatic nitrogens is 4. The van der Waals surface area contributed by atoms with Crippen LogP contribution in [0.3, 0.4) is 0 Å². The monoisotopic (exact) mass is 579 g/mol. The second-order valence-corrected chi connectivity index (χ2v) is 9.58. The van der Waals surface area contributed by atoms with Crippen LogP contribution in [-0.4, -0.2) is 62.3 Å². The van der Waals surface area contributed by atoms with Gasteiger partial charge in [-0.2, -0.15) is 0 Å². The summed E-state index contributed by atoms with van der Waals surface area (Å²) in [7, 11) is 0. The van der Waals surface area contributed by atoms with Crippen molar-refractivity contribution < 1.29 is 33.3 Å². The van der Waals surface area contributed by atoms with Crippen molar-refractivity contribution in [2.75, 3.05) is 12.3 Å². The summed E-state index contributed by atoms with van der Waals surface area (Å²) in [6.45, 7) is -0.319. The number of nitrogen functional groups attached to an aromatic ring is 1.